The van der Waals surface area contributed by atoms with Crippen molar-refractivity contribution in [1.82, 2.24) is 14.1 Å². The van der Waals surface area contributed by atoms with E-state index in [1.54, 1.807) is 16.7 Å². The molecule has 23 heavy (non-hydrogen) atoms. The summed E-state index contributed by atoms with van der Waals surface area (Å²) in [4.78, 5) is 17.6. The summed E-state index contributed by atoms with van der Waals surface area (Å²) < 4.78 is 3.64. The molecule has 2 heterocycles. The molecular formula is C18H16N4O. The van der Waals surface area contributed by atoms with E-state index in [1.807, 2.05) is 55.1 Å². The number of hydrogen-bond donors (Lipinski definition) is 1. The second-order valence-electron chi connectivity index (χ2n) is 5.71. The maximum Gasteiger partial charge on any atom is 0.264 e. The van der Waals surface area contributed by atoms with Crippen molar-refractivity contribution in [2.75, 3.05) is 5.73 Å². The monoisotopic (exact) mass is 304 g/mol. The first-order valence-electron chi connectivity index (χ1n) is 7.39. The molecule has 0 fully saturated rings. The number of carbonyl (C=O) groups excluding carboxylic acids is 1. The topological polar surface area (TPSA) is 65.8 Å². The maximum atomic E-state index is 13.1. The molecule has 5 heteroatoms. The van der Waals surface area contributed by atoms with Crippen LogP contribution in [0.3, 0.4) is 0 Å². The number of rotatable bonds is 1. The number of hydrogen-bond acceptors (Lipinski definition) is 3. The van der Waals surface area contributed by atoms with Crippen LogP contribution in [0.2, 0.25) is 0 Å². The van der Waals surface area contributed by atoms with Crippen molar-refractivity contribution in [1.29, 1.82) is 0 Å². The van der Waals surface area contributed by atoms with Gasteiger partial charge in [0.25, 0.3) is 5.91 Å². The number of nitrogens with zero attached hydrogens (tertiary/aromatic N) is 3. The van der Waals surface area contributed by atoms with Crippen molar-refractivity contribution in [3.8, 4) is 0 Å². The molecular weight excluding hydrogens is 288 g/mol. The second kappa shape index (κ2) is 4.71. The molecule has 114 valence electrons. The highest BCUT2D eigenvalue weighted by Gasteiger charge is 2.18. The van der Waals surface area contributed by atoms with E-state index in [0.717, 1.165) is 21.9 Å². The molecule has 2 aromatic heterocycles. The van der Waals surface area contributed by atoms with Crippen LogP contribution in [0, 0.1) is 6.92 Å². The minimum Gasteiger partial charge on any atom is -0.399 e. The molecule has 0 saturated carbocycles. The molecule has 0 atom stereocenters. The van der Waals surface area contributed by atoms with Crippen LogP contribution in [0.4, 0.5) is 5.69 Å². The molecule has 0 aliphatic heterocycles. The van der Waals surface area contributed by atoms with Crippen LogP contribution in [0.5, 0.6) is 0 Å². The highest BCUT2D eigenvalue weighted by Crippen LogP contribution is 2.24. The molecule has 0 spiro atoms. The maximum absolute atomic E-state index is 13.1. The van der Waals surface area contributed by atoms with E-state index < -0.39 is 0 Å². The van der Waals surface area contributed by atoms with Gasteiger partial charge in [0, 0.05) is 35.4 Å². The third kappa shape index (κ3) is 1.93. The van der Waals surface area contributed by atoms with Crippen LogP contribution in [0.25, 0.3) is 21.9 Å². The minimum absolute atomic E-state index is 0.0904. The fraction of sp³-hybridized carbons (Fsp3) is 0.111. The van der Waals surface area contributed by atoms with E-state index in [0.29, 0.717) is 17.1 Å². The molecule has 0 saturated heterocycles. The van der Waals surface area contributed by atoms with Gasteiger partial charge in [-0.1, -0.05) is 6.07 Å². The largest absolute Gasteiger partial charge is 0.399 e. The molecule has 0 unspecified atom stereocenters. The first kappa shape index (κ1) is 13.6. The summed E-state index contributed by atoms with van der Waals surface area (Å²) in [5.74, 6) is 0.566. The number of aromatic nitrogens is 3. The predicted molar refractivity (Wildman–Crippen MR) is 91.5 cm³/mol. The Balaban J connectivity index is 1.98. The van der Waals surface area contributed by atoms with Crippen molar-refractivity contribution in [2.24, 2.45) is 7.05 Å². The summed E-state index contributed by atoms with van der Waals surface area (Å²) >= 11 is 0. The lowest BCUT2D eigenvalue weighted by atomic mass is 10.1. The van der Waals surface area contributed by atoms with Gasteiger partial charge in [0.1, 0.15) is 5.82 Å². The van der Waals surface area contributed by atoms with Gasteiger partial charge in [-0.3, -0.25) is 9.36 Å². The molecule has 4 aromatic rings. The van der Waals surface area contributed by atoms with Crippen molar-refractivity contribution in [2.45, 2.75) is 6.92 Å². The van der Waals surface area contributed by atoms with Crippen LogP contribution in [-0.2, 0) is 7.05 Å². The van der Waals surface area contributed by atoms with Gasteiger partial charge >= 0.3 is 0 Å². The number of fused-ring (bicyclic) bond motifs is 2. The summed E-state index contributed by atoms with van der Waals surface area (Å²) in [7, 11) is 1.97. The SMILES string of the molecule is Cc1nc2ccc(N)cc2n1C(=O)c1cccc2c1ccn2C. The Hall–Kier alpha value is -3.08. The Kier molecular flexibility index (Phi) is 2.78. The molecule has 0 aliphatic rings. The molecule has 2 aromatic carbocycles. The number of anilines is 1. The minimum atomic E-state index is -0.0904. The normalized spacial score (nSPS) is 11.4. The number of nitrogen functional groups attached to an aromatic ring is 1. The highest BCUT2D eigenvalue weighted by atomic mass is 16.2. The molecule has 2 N–H and O–H groups in total. The van der Waals surface area contributed by atoms with Crippen molar-refractivity contribution < 1.29 is 4.79 Å². The molecule has 0 radical (unpaired) electrons. The van der Waals surface area contributed by atoms with Gasteiger partial charge in [-0.2, -0.15) is 0 Å². The quantitative estimate of drug-likeness (QED) is 0.549. The zero-order valence-corrected chi connectivity index (χ0v) is 12.9. The van der Waals surface area contributed by atoms with Gasteiger partial charge in [0.15, 0.2) is 0 Å². The fourth-order valence-electron chi connectivity index (χ4n) is 3.08. The van der Waals surface area contributed by atoms with Gasteiger partial charge in [0.2, 0.25) is 0 Å². The molecule has 5 nitrogen and oxygen atoms in total. The molecule has 0 amide bonds. The third-order valence-electron chi connectivity index (χ3n) is 4.21. The first-order chi connectivity index (χ1) is 11.1. The fourth-order valence-corrected chi connectivity index (χ4v) is 3.08. The third-order valence-corrected chi connectivity index (χ3v) is 4.21. The average molecular weight is 304 g/mol. The second-order valence-corrected chi connectivity index (χ2v) is 5.71. The smallest absolute Gasteiger partial charge is 0.264 e. The summed E-state index contributed by atoms with van der Waals surface area (Å²) in [5, 5.41) is 0.935. The van der Waals surface area contributed by atoms with Crippen LogP contribution < -0.4 is 5.73 Å². The highest BCUT2D eigenvalue weighted by molar-refractivity contribution is 6.10. The summed E-state index contributed by atoms with van der Waals surface area (Å²) in [6, 6.07) is 13.1. The number of imidazole rings is 1. The number of benzene rings is 2. The number of nitrogens with two attached hydrogens (primary N) is 1. The van der Waals surface area contributed by atoms with Crippen molar-refractivity contribution >= 4 is 33.5 Å². The zero-order valence-electron chi connectivity index (χ0n) is 12.9. The standard InChI is InChI=1S/C18H16N4O/c1-11-20-15-7-6-12(19)10-17(15)22(11)18(23)14-4-3-5-16-13(14)8-9-21(16)2/h3-10H,19H2,1-2H3. The van der Waals surface area contributed by atoms with Gasteiger partial charge in [-0.25, -0.2) is 4.98 Å². The van der Waals surface area contributed by atoms with E-state index in [9.17, 15) is 4.79 Å². The zero-order chi connectivity index (χ0) is 16.1. The Morgan fingerprint density at radius 1 is 1.13 bits per heavy atom. The molecule has 0 bridgehead atoms. The van der Waals surface area contributed by atoms with Crippen LogP contribution >= 0.6 is 0 Å². The van der Waals surface area contributed by atoms with E-state index in [-0.39, 0.29) is 5.91 Å². The van der Waals surface area contributed by atoms with E-state index in [2.05, 4.69) is 4.98 Å². The Labute approximate surface area is 133 Å². The summed E-state index contributed by atoms with van der Waals surface area (Å²) in [6.45, 7) is 1.83. The lowest BCUT2D eigenvalue weighted by molar-refractivity contribution is 0.0964. The van der Waals surface area contributed by atoms with Gasteiger partial charge in [0.05, 0.1) is 11.0 Å². The van der Waals surface area contributed by atoms with Crippen LogP contribution in [0.15, 0.2) is 48.7 Å². The predicted octanol–water partition coefficient (Wildman–Crippen LogP) is 3.11. The van der Waals surface area contributed by atoms with E-state index >= 15 is 0 Å². The summed E-state index contributed by atoms with van der Waals surface area (Å²) in [5.41, 5.74) is 9.68. The Morgan fingerprint density at radius 3 is 2.78 bits per heavy atom. The molecule has 4 rings (SSSR count). The lowest BCUT2D eigenvalue weighted by Gasteiger charge is -2.08. The lowest BCUT2D eigenvalue weighted by Crippen LogP contribution is -2.14. The summed E-state index contributed by atoms with van der Waals surface area (Å²) in [6.07, 6.45) is 1.96. The van der Waals surface area contributed by atoms with E-state index in [1.165, 1.54) is 0 Å². The van der Waals surface area contributed by atoms with Gasteiger partial charge in [-0.15, -0.1) is 0 Å². The number of carbonyl (C=O) groups is 1. The first-order valence-corrected chi connectivity index (χ1v) is 7.39. The van der Waals surface area contributed by atoms with E-state index in [4.69, 9.17) is 5.73 Å². The average Bonchev–Trinajstić information content (AvgIpc) is 3.06. The van der Waals surface area contributed by atoms with Crippen molar-refractivity contribution in [3.63, 3.8) is 0 Å². The number of aryl methyl sites for hydroxylation is 2. The van der Waals surface area contributed by atoms with Crippen LogP contribution in [0.1, 0.15) is 16.2 Å². The molecule has 0 aliphatic carbocycles. The van der Waals surface area contributed by atoms with Crippen molar-refractivity contribution in [3.05, 3.63) is 60.0 Å². The van der Waals surface area contributed by atoms with Gasteiger partial charge in [-0.05, 0) is 43.3 Å². The Morgan fingerprint density at radius 2 is 1.96 bits per heavy atom. The van der Waals surface area contributed by atoms with Gasteiger partial charge < -0.3 is 10.3 Å². The van der Waals surface area contributed by atoms with Crippen LogP contribution in [-0.4, -0.2) is 20.0 Å². The Bertz CT molecular complexity index is 1070.